The highest BCUT2D eigenvalue weighted by Crippen LogP contribution is 2.12. The molecule has 1 aromatic heterocycles. The predicted molar refractivity (Wildman–Crippen MR) is 60.4 cm³/mol. The number of aromatic nitrogens is 1. The van der Waals surface area contributed by atoms with Crippen LogP contribution < -0.4 is 5.32 Å². The average Bonchev–Trinajstić information content (AvgIpc) is 2.16. The van der Waals surface area contributed by atoms with Crippen LogP contribution >= 0.6 is 0 Å². The molecule has 1 amide bonds. The van der Waals surface area contributed by atoms with Crippen LogP contribution in [0.5, 0.6) is 0 Å². The number of carbonyl (C=O) groups excluding carboxylic acids is 1. The van der Waals surface area contributed by atoms with Gasteiger partial charge in [-0.25, -0.2) is 4.98 Å². The van der Waals surface area contributed by atoms with Crippen molar-refractivity contribution in [1.82, 2.24) is 10.3 Å². The van der Waals surface area contributed by atoms with E-state index in [4.69, 9.17) is 0 Å². The summed E-state index contributed by atoms with van der Waals surface area (Å²) in [6, 6.07) is 4.66. The summed E-state index contributed by atoms with van der Waals surface area (Å²) in [6.45, 7) is 6.03. The lowest BCUT2D eigenvalue weighted by Gasteiger charge is -2.17. The molecule has 4 heteroatoms. The van der Waals surface area contributed by atoms with E-state index in [1.165, 1.54) is 6.07 Å². The predicted octanol–water partition coefficient (Wildman–Crippen LogP) is 1.93. The molecule has 88 valence electrons. The van der Waals surface area contributed by atoms with Gasteiger partial charge in [-0.1, -0.05) is 26.8 Å². The lowest BCUT2D eigenvalue weighted by atomic mass is 9.96. The first-order chi connectivity index (χ1) is 7.39. The fraction of sp³-hybridized carbons (Fsp3) is 0.500. The molecular weight excluding hydrogens is 207 g/mol. The van der Waals surface area contributed by atoms with Gasteiger partial charge in [-0.3, -0.25) is 4.79 Å². The van der Waals surface area contributed by atoms with Crippen molar-refractivity contribution < 1.29 is 9.18 Å². The van der Waals surface area contributed by atoms with Gasteiger partial charge < -0.3 is 5.32 Å². The summed E-state index contributed by atoms with van der Waals surface area (Å²) in [4.78, 5) is 15.2. The molecule has 0 spiro atoms. The van der Waals surface area contributed by atoms with Crippen molar-refractivity contribution in [2.24, 2.45) is 5.41 Å². The molecule has 1 heterocycles. The van der Waals surface area contributed by atoms with Gasteiger partial charge >= 0.3 is 0 Å². The molecule has 16 heavy (non-hydrogen) atoms. The molecule has 0 radical (unpaired) electrons. The van der Waals surface area contributed by atoms with Crippen molar-refractivity contribution in [2.75, 3.05) is 6.54 Å². The molecule has 0 aliphatic rings. The topological polar surface area (TPSA) is 42.0 Å². The Kier molecular flexibility index (Phi) is 3.99. The number of pyridine rings is 1. The van der Waals surface area contributed by atoms with E-state index in [1.54, 1.807) is 12.1 Å². The van der Waals surface area contributed by atoms with Gasteiger partial charge in [-0.05, 0) is 12.1 Å². The maximum Gasteiger partial charge on any atom is 0.225 e. The standard InChI is InChI=1S/C12H17FN2O/c1-12(2,3)11(16)14-8-7-9-5-4-6-10(13)15-9/h4-6H,7-8H2,1-3H3,(H,14,16). The van der Waals surface area contributed by atoms with Crippen LogP contribution in [-0.2, 0) is 11.2 Å². The minimum absolute atomic E-state index is 0.0103. The van der Waals surface area contributed by atoms with Crippen molar-refractivity contribution in [3.63, 3.8) is 0 Å². The van der Waals surface area contributed by atoms with Crippen molar-refractivity contribution in [3.05, 3.63) is 29.8 Å². The number of nitrogens with one attached hydrogen (secondary N) is 1. The van der Waals surface area contributed by atoms with Crippen molar-refractivity contribution in [2.45, 2.75) is 27.2 Å². The first kappa shape index (κ1) is 12.6. The van der Waals surface area contributed by atoms with Crippen molar-refractivity contribution in [3.8, 4) is 0 Å². The van der Waals surface area contributed by atoms with Gasteiger partial charge in [-0.2, -0.15) is 4.39 Å². The quantitative estimate of drug-likeness (QED) is 0.797. The highest BCUT2D eigenvalue weighted by Gasteiger charge is 2.20. The zero-order valence-corrected chi connectivity index (χ0v) is 9.88. The maximum atomic E-state index is 12.7. The molecule has 3 nitrogen and oxygen atoms in total. The molecule has 1 rings (SSSR count). The third-order valence-corrected chi connectivity index (χ3v) is 2.12. The molecule has 0 aliphatic heterocycles. The number of nitrogens with zero attached hydrogens (tertiary/aromatic N) is 1. The van der Waals surface area contributed by atoms with E-state index >= 15 is 0 Å². The fourth-order valence-corrected chi connectivity index (χ4v) is 1.16. The number of carbonyl (C=O) groups is 1. The van der Waals surface area contributed by atoms with E-state index in [0.29, 0.717) is 18.7 Å². The fourth-order valence-electron chi connectivity index (χ4n) is 1.16. The Hall–Kier alpha value is -1.45. The Labute approximate surface area is 95.1 Å². The van der Waals surface area contributed by atoms with Crippen molar-refractivity contribution >= 4 is 5.91 Å². The summed E-state index contributed by atoms with van der Waals surface area (Å²) < 4.78 is 12.7. The van der Waals surface area contributed by atoms with Crippen LogP contribution in [0.4, 0.5) is 4.39 Å². The van der Waals surface area contributed by atoms with Gasteiger partial charge in [-0.15, -0.1) is 0 Å². The summed E-state index contributed by atoms with van der Waals surface area (Å²) in [6.07, 6.45) is 0.541. The second-order valence-corrected chi connectivity index (χ2v) is 4.71. The van der Waals surface area contributed by atoms with Crippen LogP contribution in [0, 0.1) is 11.4 Å². The Morgan fingerprint density at radius 2 is 2.12 bits per heavy atom. The third kappa shape index (κ3) is 3.96. The van der Waals surface area contributed by atoms with E-state index in [1.807, 2.05) is 20.8 Å². The Bertz CT molecular complexity index is 372. The summed E-state index contributed by atoms with van der Waals surface area (Å²) in [5, 5.41) is 2.79. The van der Waals surface area contributed by atoms with E-state index in [2.05, 4.69) is 10.3 Å². The molecule has 1 N–H and O–H groups in total. The van der Waals surface area contributed by atoms with E-state index in [9.17, 15) is 9.18 Å². The third-order valence-electron chi connectivity index (χ3n) is 2.12. The number of halogens is 1. The normalized spacial score (nSPS) is 11.2. The summed E-state index contributed by atoms with van der Waals surface area (Å²) in [5.41, 5.74) is 0.254. The lowest BCUT2D eigenvalue weighted by molar-refractivity contribution is -0.128. The number of rotatable bonds is 3. The summed E-state index contributed by atoms with van der Waals surface area (Å²) in [7, 11) is 0. The highest BCUT2D eigenvalue weighted by atomic mass is 19.1. The van der Waals surface area contributed by atoms with E-state index in [0.717, 1.165) is 0 Å². The van der Waals surface area contributed by atoms with E-state index in [-0.39, 0.29) is 5.91 Å². The Morgan fingerprint density at radius 3 is 2.69 bits per heavy atom. The molecule has 0 fully saturated rings. The van der Waals surface area contributed by atoms with Crippen LogP contribution in [0.1, 0.15) is 26.5 Å². The van der Waals surface area contributed by atoms with Gasteiger partial charge in [0.25, 0.3) is 0 Å². The van der Waals surface area contributed by atoms with Crippen LogP contribution in [-0.4, -0.2) is 17.4 Å². The second-order valence-electron chi connectivity index (χ2n) is 4.71. The Balaban J connectivity index is 2.39. The minimum Gasteiger partial charge on any atom is -0.355 e. The lowest BCUT2D eigenvalue weighted by Crippen LogP contribution is -2.36. The zero-order chi connectivity index (χ0) is 12.2. The summed E-state index contributed by atoms with van der Waals surface area (Å²) in [5.74, 6) is -0.497. The SMILES string of the molecule is CC(C)(C)C(=O)NCCc1cccc(F)n1. The smallest absolute Gasteiger partial charge is 0.225 e. The molecule has 0 aromatic carbocycles. The Morgan fingerprint density at radius 1 is 1.44 bits per heavy atom. The summed E-state index contributed by atoms with van der Waals surface area (Å²) >= 11 is 0. The van der Waals surface area contributed by atoms with E-state index < -0.39 is 11.4 Å². The monoisotopic (exact) mass is 224 g/mol. The molecule has 0 aliphatic carbocycles. The molecule has 0 bridgehead atoms. The second kappa shape index (κ2) is 5.05. The van der Waals surface area contributed by atoms with Gasteiger partial charge in [0.05, 0.1) is 0 Å². The first-order valence-electron chi connectivity index (χ1n) is 5.29. The molecular formula is C12H17FN2O. The van der Waals surface area contributed by atoms with Crippen LogP contribution in [0.3, 0.4) is 0 Å². The van der Waals surface area contributed by atoms with Crippen molar-refractivity contribution in [1.29, 1.82) is 0 Å². The molecule has 0 saturated carbocycles. The van der Waals surface area contributed by atoms with Crippen LogP contribution in [0.15, 0.2) is 18.2 Å². The highest BCUT2D eigenvalue weighted by molar-refractivity contribution is 5.81. The molecule has 1 aromatic rings. The van der Waals surface area contributed by atoms with Crippen LogP contribution in [0.25, 0.3) is 0 Å². The largest absolute Gasteiger partial charge is 0.355 e. The van der Waals surface area contributed by atoms with Gasteiger partial charge in [0.1, 0.15) is 0 Å². The molecule has 0 unspecified atom stereocenters. The van der Waals surface area contributed by atoms with Gasteiger partial charge in [0, 0.05) is 24.1 Å². The first-order valence-corrected chi connectivity index (χ1v) is 5.29. The number of hydrogen-bond donors (Lipinski definition) is 1. The molecule has 0 saturated heterocycles. The number of hydrogen-bond acceptors (Lipinski definition) is 2. The maximum absolute atomic E-state index is 12.7. The van der Waals surface area contributed by atoms with Gasteiger partial charge in [0.2, 0.25) is 11.9 Å². The zero-order valence-electron chi connectivity index (χ0n) is 9.88. The average molecular weight is 224 g/mol. The minimum atomic E-state index is -0.486. The van der Waals surface area contributed by atoms with Crippen LogP contribution in [0.2, 0.25) is 0 Å². The number of amides is 1. The van der Waals surface area contributed by atoms with Gasteiger partial charge in [0.15, 0.2) is 0 Å². The molecule has 0 atom stereocenters.